The van der Waals surface area contributed by atoms with Crippen LogP contribution in [-0.4, -0.2) is 70.6 Å². The molecule has 3 aromatic rings. The Morgan fingerprint density at radius 2 is 1.86 bits per heavy atom. The van der Waals surface area contributed by atoms with Crippen LogP contribution in [0.4, 0.5) is 0 Å². The maximum atomic E-state index is 5.90. The summed E-state index contributed by atoms with van der Waals surface area (Å²) in [4.78, 5) is 9.49. The summed E-state index contributed by atoms with van der Waals surface area (Å²) in [5.41, 5.74) is 5.64. The summed E-state index contributed by atoms with van der Waals surface area (Å²) < 4.78 is 19.0. The molecule has 2 unspecified atom stereocenters. The van der Waals surface area contributed by atoms with Gasteiger partial charge >= 0.3 is 0 Å². The lowest BCUT2D eigenvalue weighted by Crippen LogP contribution is -2.42. The van der Waals surface area contributed by atoms with Gasteiger partial charge in [0.15, 0.2) is 16.6 Å². The number of rotatable bonds is 6. The van der Waals surface area contributed by atoms with Gasteiger partial charge in [0.25, 0.3) is 0 Å². The van der Waals surface area contributed by atoms with Gasteiger partial charge in [-0.2, -0.15) is 0 Å². The summed E-state index contributed by atoms with van der Waals surface area (Å²) in [6.07, 6.45) is 1.85. The number of thiocarbonyl (C=S) groups is 1. The number of hydrogen-bond acceptors (Lipinski definition) is 6. The molecule has 0 aliphatic carbocycles. The molecule has 3 aliphatic rings. The van der Waals surface area contributed by atoms with Gasteiger partial charge in [-0.05, 0) is 62.0 Å². The topological polar surface area (TPSA) is 64.0 Å². The average Bonchev–Trinajstić information content (AvgIpc) is 3.58. The van der Waals surface area contributed by atoms with E-state index in [0.717, 1.165) is 73.1 Å². The summed E-state index contributed by atoms with van der Waals surface area (Å²) >= 11 is 5.90. The van der Waals surface area contributed by atoms with Gasteiger partial charge in [-0.1, -0.05) is 6.07 Å². The predicted octanol–water partition coefficient (Wildman–Crippen LogP) is 3.52. The van der Waals surface area contributed by atoms with Crippen LogP contribution in [-0.2, 0) is 4.74 Å². The van der Waals surface area contributed by atoms with Crippen molar-refractivity contribution in [2.45, 2.75) is 25.9 Å². The van der Waals surface area contributed by atoms with E-state index in [1.165, 1.54) is 11.3 Å². The Hall–Kier alpha value is -3.14. The van der Waals surface area contributed by atoms with E-state index in [1.807, 2.05) is 24.4 Å². The number of ether oxygens (including phenoxy) is 3. The van der Waals surface area contributed by atoms with Gasteiger partial charge in [0.05, 0.1) is 31.0 Å². The summed E-state index contributed by atoms with van der Waals surface area (Å²) in [5.74, 6) is 1.57. The molecule has 188 valence electrons. The maximum Gasteiger partial charge on any atom is 0.231 e. The molecule has 36 heavy (non-hydrogen) atoms. The third-order valence-corrected chi connectivity index (χ3v) is 7.71. The standard InChI is InChI=1S/C27H31N5O3S/c1-18-15-21(19(2)32(18)20-6-7-23-24(16-20)35-17-34-23)26-25(22-5-3-4-8-28-22)29-27(36)31(26)10-9-30-11-13-33-14-12-30/h3-8,15-16,25-26H,9-14,17H2,1-2H3,(H,29,36). The quantitative estimate of drug-likeness (QED) is 0.511. The van der Waals surface area contributed by atoms with Crippen molar-refractivity contribution in [1.82, 2.24) is 24.7 Å². The molecule has 1 aromatic carbocycles. The number of pyridine rings is 1. The van der Waals surface area contributed by atoms with Gasteiger partial charge in [-0.15, -0.1) is 0 Å². The molecule has 9 heteroatoms. The Balaban J connectivity index is 1.37. The van der Waals surface area contributed by atoms with E-state index < -0.39 is 0 Å². The number of aromatic nitrogens is 2. The first-order chi connectivity index (χ1) is 17.6. The lowest BCUT2D eigenvalue weighted by Gasteiger charge is -2.32. The predicted molar refractivity (Wildman–Crippen MR) is 141 cm³/mol. The van der Waals surface area contributed by atoms with Crippen LogP contribution < -0.4 is 14.8 Å². The summed E-state index contributed by atoms with van der Waals surface area (Å²) in [7, 11) is 0. The minimum absolute atomic E-state index is 0.0300. The Morgan fingerprint density at radius 1 is 1.03 bits per heavy atom. The average molecular weight is 506 g/mol. The second kappa shape index (κ2) is 9.72. The highest BCUT2D eigenvalue weighted by atomic mass is 32.1. The third kappa shape index (κ3) is 4.21. The second-order valence-electron chi connectivity index (χ2n) is 9.47. The zero-order valence-electron chi connectivity index (χ0n) is 20.6. The van der Waals surface area contributed by atoms with Crippen LogP contribution in [0.25, 0.3) is 5.69 Å². The zero-order valence-corrected chi connectivity index (χ0v) is 21.5. The van der Waals surface area contributed by atoms with Crippen LogP contribution in [0.3, 0.4) is 0 Å². The number of nitrogens with one attached hydrogen (secondary N) is 1. The van der Waals surface area contributed by atoms with Crippen LogP contribution in [0.15, 0.2) is 48.7 Å². The van der Waals surface area contributed by atoms with Crippen molar-refractivity contribution in [1.29, 1.82) is 0 Å². The van der Waals surface area contributed by atoms with Crippen LogP contribution >= 0.6 is 12.2 Å². The number of morpholine rings is 1. The maximum absolute atomic E-state index is 5.90. The highest BCUT2D eigenvalue weighted by molar-refractivity contribution is 7.80. The van der Waals surface area contributed by atoms with Crippen molar-refractivity contribution >= 4 is 17.3 Å². The van der Waals surface area contributed by atoms with E-state index in [0.29, 0.717) is 0 Å². The minimum atomic E-state index is -0.0332. The highest BCUT2D eigenvalue weighted by Crippen LogP contribution is 2.42. The minimum Gasteiger partial charge on any atom is -0.454 e. The van der Waals surface area contributed by atoms with E-state index in [9.17, 15) is 0 Å². The molecule has 0 bridgehead atoms. The number of benzene rings is 1. The fourth-order valence-corrected chi connectivity index (χ4v) is 5.90. The molecular formula is C27H31N5O3S. The first kappa shape index (κ1) is 23.3. The van der Waals surface area contributed by atoms with Crippen LogP contribution in [0.5, 0.6) is 11.5 Å². The second-order valence-corrected chi connectivity index (χ2v) is 9.86. The van der Waals surface area contributed by atoms with E-state index in [2.05, 4.69) is 57.8 Å². The number of aryl methyl sites for hydroxylation is 1. The number of hydrogen-bond donors (Lipinski definition) is 1. The number of fused-ring (bicyclic) bond motifs is 1. The van der Waals surface area contributed by atoms with Crippen molar-refractivity contribution in [3.05, 3.63) is 71.3 Å². The smallest absolute Gasteiger partial charge is 0.231 e. The molecule has 0 spiro atoms. The lowest BCUT2D eigenvalue weighted by atomic mass is 9.96. The molecule has 0 saturated carbocycles. The Morgan fingerprint density at radius 3 is 2.67 bits per heavy atom. The van der Waals surface area contributed by atoms with Crippen LogP contribution in [0.2, 0.25) is 0 Å². The SMILES string of the molecule is Cc1cc(C2C(c3ccccn3)NC(=S)N2CCN2CCOCC2)c(C)n1-c1ccc2c(c1)OCO2. The van der Waals surface area contributed by atoms with E-state index in [-0.39, 0.29) is 18.9 Å². The molecule has 0 amide bonds. The van der Waals surface area contributed by atoms with Crippen LogP contribution in [0.1, 0.15) is 34.7 Å². The molecule has 2 atom stereocenters. The van der Waals surface area contributed by atoms with Gasteiger partial charge in [-0.3, -0.25) is 9.88 Å². The molecule has 1 N–H and O–H groups in total. The molecule has 0 radical (unpaired) electrons. The van der Waals surface area contributed by atoms with Gasteiger partial charge in [0, 0.05) is 55.5 Å². The van der Waals surface area contributed by atoms with E-state index in [4.69, 9.17) is 31.4 Å². The third-order valence-electron chi connectivity index (χ3n) is 7.36. The first-order valence-electron chi connectivity index (χ1n) is 12.5. The largest absolute Gasteiger partial charge is 0.454 e. The molecule has 2 aromatic heterocycles. The van der Waals surface area contributed by atoms with Crippen molar-refractivity contribution in [2.24, 2.45) is 0 Å². The highest BCUT2D eigenvalue weighted by Gasteiger charge is 2.41. The van der Waals surface area contributed by atoms with Crippen molar-refractivity contribution in [3.8, 4) is 17.2 Å². The van der Waals surface area contributed by atoms with Crippen LogP contribution in [0, 0.1) is 13.8 Å². The van der Waals surface area contributed by atoms with Gasteiger partial charge < -0.3 is 29.0 Å². The van der Waals surface area contributed by atoms with E-state index in [1.54, 1.807) is 0 Å². The van der Waals surface area contributed by atoms with E-state index >= 15 is 0 Å². The Bertz CT molecular complexity index is 1260. The fraction of sp³-hybridized carbons (Fsp3) is 0.407. The zero-order chi connectivity index (χ0) is 24.6. The molecular weight excluding hydrogens is 474 g/mol. The van der Waals surface area contributed by atoms with Gasteiger partial charge in [0.2, 0.25) is 6.79 Å². The number of nitrogens with zero attached hydrogens (tertiary/aromatic N) is 4. The molecule has 5 heterocycles. The fourth-order valence-electron chi connectivity index (χ4n) is 5.57. The molecule has 2 saturated heterocycles. The normalized spacial score (nSPS) is 21.7. The molecule has 3 aliphatic heterocycles. The summed E-state index contributed by atoms with van der Waals surface area (Å²) in [5, 5.41) is 4.37. The monoisotopic (exact) mass is 505 g/mol. The van der Waals surface area contributed by atoms with Crippen molar-refractivity contribution in [2.75, 3.05) is 46.2 Å². The van der Waals surface area contributed by atoms with Crippen molar-refractivity contribution < 1.29 is 14.2 Å². The molecule has 2 fully saturated rings. The summed E-state index contributed by atoms with van der Waals surface area (Å²) in [6, 6.07) is 14.5. The van der Waals surface area contributed by atoms with Crippen molar-refractivity contribution in [3.63, 3.8) is 0 Å². The molecule has 8 nitrogen and oxygen atoms in total. The first-order valence-corrected chi connectivity index (χ1v) is 12.9. The molecule has 6 rings (SSSR count). The van der Waals surface area contributed by atoms with Gasteiger partial charge in [0.1, 0.15) is 0 Å². The summed E-state index contributed by atoms with van der Waals surface area (Å²) in [6.45, 7) is 9.88. The lowest BCUT2D eigenvalue weighted by molar-refractivity contribution is 0.0350. The Kier molecular flexibility index (Phi) is 6.29. The van der Waals surface area contributed by atoms with Gasteiger partial charge in [-0.25, -0.2) is 0 Å². The Labute approximate surface area is 216 Å².